The van der Waals surface area contributed by atoms with Crippen molar-refractivity contribution in [1.29, 1.82) is 0 Å². The highest BCUT2D eigenvalue weighted by atomic mass is 15.1. The predicted molar refractivity (Wildman–Crippen MR) is 315 cm³/mol. The first-order chi connectivity index (χ1) is 37.2. The van der Waals surface area contributed by atoms with Gasteiger partial charge in [0.1, 0.15) is 0 Å². The summed E-state index contributed by atoms with van der Waals surface area (Å²) in [6.07, 6.45) is 0. The van der Waals surface area contributed by atoms with Gasteiger partial charge in [-0.1, -0.05) is 243 Å². The van der Waals surface area contributed by atoms with Gasteiger partial charge in [-0.25, -0.2) is 0 Å². The van der Waals surface area contributed by atoms with Gasteiger partial charge in [0, 0.05) is 33.5 Å². The van der Waals surface area contributed by atoms with E-state index < -0.39 is 5.41 Å². The quantitative estimate of drug-likeness (QED) is 0.133. The maximum Gasteiger partial charge on any atom is 0.0714 e. The third-order valence-corrected chi connectivity index (χ3v) is 15.5. The van der Waals surface area contributed by atoms with Crippen LogP contribution in [0.3, 0.4) is 0 Å². The fourth-order valence-electron chi connectivity index (χ4n) is 12.1. The second kappa shape index (κ2) is 18.4. The molecule has 75 heavy (non-hydrogen) atoms. The van der Waals surface area contributed by atoms with Gasteiger partial charge in [-0.2, -0.15) is 0 Å². The van der Waals surface area contributed by atoms with Crippen LogP contribution in [-0.4, -0.2) is 4.57 Å². The summed E-state index contributed by atoms with van der Waals surface area (Å²) in [4.78, 5) is 2.37. The van der Waals surface area contributed by atoms with E-state index in [0.29, 0.717) is 0 Å². The zero-order chi connectivity index (χ0) is 49.7. The molecule has 352 valence electrons. The molecule has 0 amide bonds. The predicted octanol–water partition coefficient (Wildman–Crippen LogP) is 19.3. The van der Waals surface area contributed by atoms with Crippen LogP contribution in [0.2, 0.25) is 0 Å². The normalized spacial score (nSPS) is 12.4. The smallest absolute Gasteiger partial charge is 0.0714 e. The van der Waals surface area contributed by atoms with Gasteiger partial charge in [-0.05, 0) is 139 Å². The molecule has 2 heteroatoms. The molecular formula is C73H50N2. The first kappa shape index (κ1) is 44.0. The third kappa shape index (κ3) is 7.41. The van der Waals surface area contributed by atoms with Crippen LogP contribution >= 0.6 is 0 Å². The van der Waals surface area contributed by atoms with Crippen LogP contribution in [0.5, 0.6) is 0 Å². The molecule has 2 nitrogen and oxygen atoms in total. The Bertz CT molecular complexity index is 4070. The van der Waals surface area contributed by atoms with Crippen molar-refractivity contribution in [3.63, 3.8) is 0 Å². The number of para-hydroxylation sites is 1. The van der Waals surface area contributed by atoms with Gasteiger partial charge in [-0.3, -0.25) is 0 Å². The average molecular weight is 955 g/mol. The highest BCUT2D eigenvalue weighted by Crippen LogP contribution is 2.57. The van der Waals surface area contributed by atoms with Crippen LogP contribution in [0.25, 0.3) is 83.1 Å². The Balaban J connectivity index is 0.903. The molecule has 1 aromatic heterocycles. The molecule has 0 bridgehead atoms. The fourth-order valence-corrected chi connectivity index (χ4v) is 12.1. The zero-order valence-corrected chi connectivity index (χ0v) is 41.3. The molecule has 14 rings (SSSR count). The Morgan fingerprint density at radius 1 is 0.253 bits per heavy atom. The SMILES string of the molecule is c1ccc(-c2ccc(N(c3ccc(-c4ccccc4)cc3)c3cccc(-c4ccccc4-c4ccc5c6ccccc6n(-c6ccc7c(c6)C(c6ccccc6)(c6ccccc6)c6ccccc6-7)c5c4)c3)cc2)cc1. The summed E-state index contributed by atoms with van der Waals surface area (Å²) in [5.41, 5.74) is 23.3. The van der Waals surface area contributed by atoms with E-state index in [1.165, 1.54) is 88.6 Å². The number of benzene rings is 12. The van der Waals surface area contributed by atoms with Crippen LogP contribution in [0.4, 0.5) is 17.1 Å². The largest absolute Gasteiger partial charge is 0.310 e. The number of hydrogen-bond donors (Lipinski definition) is 0. The summed E-state index contributed by atoms with van der Waals surface area (Å²) in [6.45, 7) is 0. The minimum absolute atomic E-state index is 0.505. The lowest BCUT2D eigenvalue weighted by atomic mass is 9.67. The molecule has 0 radical (unpaired) electrons. The van der Waals surface area contributed by atoms with Crippen LogP contribution in [0.15, 0.2) is 303 Å². The highest BCUT2D eigenvalue weighted by Gasteiger charge is 2.46. The highest BCUT2D eigenvalue weighted by molar-refractivity contribution is 6.10. The van der Waals surface area contributed by atoms with E-state index in [2.05, 4.69) is 313 Å². The van der Waals surface area contributed by atoms with Crippen molar-refractivity contribution in [2.75, 3.05) is 4.90 Å². The Morgan fingerprint density at radius 3 is 1.32 bits per heavy atom. The van der Waals surface area contributed by atoms with Crippen molar-refractivity contribution in [2.24, 2.45) is 0 Å². The number of rotatable bonds is 10. The summed E-state index contributed by atoms with van der Waals surface area (Å²) < 4.78 is 2.49. The molecule has 12 aromatic carbocycles. The van der Waals surface area contributed by atoms with Crippen LogP contribution in [0.1, 0.15) is 22.3 Å². The molecule has 0 fully saturated rings. The number of hydrogen-bond acceptors (Lipinski definition) is 1. The van der Waals surface area contributed by atoms with Crippen molar-refractivity contribution in [1.82, 2.24) is 4.57 Å². The van der Waals surface area contributed by atoms with E-state index in [1.807, 2.05) is 0 Å². The van der Waals surface area contributed by atoms with Crippen molar-refractivity contribution in [3.05, 3.63) is 326 Å². The lowest BCUT2D eigenvalue weighted by Gasteiger charge is -2.34. The number of aromatic nitrogens is 1. The van der Waals surface area contributed by atoms with Crippen molar-refractivity contribution in [3.8, 4) is 61.3 Å². The minimum Gasteiger partial charge on any atom is -0.310 e. The van der Waals surface area contributed by atoms with E-state index in [0.717, 1.165) is 33.9 Å². The molecule has 0 N–H and O–H groups in total. The van der Waals surface area contributed by atoms with E-state index in [4.69, 9.17) is 0 Å². The van der Waals surface area contributed by atoms with Gasteiger partial charge in [0.25, 0.3) is 0 Å². The van der Waals surface area contributed by atoms with Gasteiger partial charge >= 0.3 is 0 Å². The molecule has 0 saturated carbocycles. The molecule has 1 heterocycles. The van der Waals surface area contributed by atoms with E-state index >= 15 is 0 Å². The summed E-state index contributed by atoms with van der Waals surface area (Å²) in [5.74, 6) is 0. The maximum atomic E-state index is 2.49. The van der Waals surface area contributed by atoms with Gasteiger partial charge in [-0.15, -0.1) is 0 Å². The molecule has 1 aliphatic carbocycles. The monoisotopic (exact) mass is 954 g/mol. The summed E-state index contributed by atoms with van der Waals surface area (Å²) in [5, 5.41) is 2.46. The van der Waals surface area contributed by atoms with Crippen LogP contribution in [0, 0.1) is 0 Å². The van der Waals surface area contributed by atoms with Crippen molar-refractivity contribution >= 4 is 38.9 Å². The fraction of sp³-hybridized carbons (Fsp3) is 0.0137. The lowest BCUT2D eigenvalue weighted by molar-refractivity contribution is 0.767. The van der Waals surface area contributed by atoms with Gasteiger partial charge in [0.15, 0.2) is 0 Å². The molecule has 1 aliphatic rings. The summed E-state index contributed by atoms with van der Waals surface area (Å²) >= 11 is 0. The molecule has 0 aliphatic heterocycles. The van der Waals surface area contributed by atoms with Gasteiger partial charge in [0.05, 0.1) is 16.4 Å². The molecule has 0 unspecified atom stereocenters. The second-order valence-electron chi connectivity index (χ2n) is 19.6. The van der Waals surface area contributed by atoms with Gasteiger partial charge < -0.3 is 9.47 Å². The first-order valence-electron chi connectivity index (χ1n) is 25.9. The average Bonchev–Trinajstić information content (AvgIpc) is 4.02. The maximum absolute atomic E-state index is 2.49. The second-order valence-corrected chi connectivity index (χ2v) is 19.6. The Labute approximate surface area is 438 Å². The zero-order valence-electron chi connectivity index (χ0n) is 41.3. The Kier molecular flexibility index (Phi) is 10.8. The molecule has 0 saturated heterocycles. The standard InChI is InChI=1S/C73H50N2/c1-5-20-51(21-6-1)53-36-41-59(42-37-53)74(60-43-38-54(39-44-60)52-22-7-2-8-23-52)61-29-19-24-55(48-61)63-30-13-14-31-64(63)56-40-46-68-67-33-16-18-35-71(67)75(72(68)49-56)62-45-47-66-65-32-15-17-34-69(65)73(70(66)50-62,57-25-9-3-10-26-57)58-27-11-4-12-28-58/h1-50H. The lowest BCUT2D eigenvalue weighted by Crippen LogP contribution is -2.28. The summed E-state index contributed by atoms with van der Waals surface area (Å²) in [7, 11) is 0. The Morgan fingerprint density at radius 2 is 0.707 bits per heavy atom. The first-order valence-corrected chi connectivity index (χ1v) is 25.9. The topological polar surface area (TPSA) is 8.17 Å². The number of nitrogens with zero attached hydrogens (tertiary/aromatic N) is 2. The minimum atomic E-state index is -0.505. The molecule has 0 spiro atoms. The van der Waals surface area contributed by atoms with E-state index in [1.54, 1.807) is 0 Å². The Hall–Kier alpha value is -9.76. The number of anilines is 3. The summed E-state index contributed by atoms with van der Waals surface area (Å²) in [6, 6.07) is 111. The van der Waals surface area contributed by atoms with E-state index in [-0.39, 0.29) is 0 Å². The van der Waals surface area contributed by atoms with E-state index in [9.17, 15) is 0 Å². The van der Waals surface area contributed by atoms with Crippen molar-refractivity contribution < 1.29 is 0 Å². The molecular weight excluding hydrogens is 905 g/mol. The van der Waals surface area contributed by atoms with Crippen LogP contribution in [-0.2, 0) is 5.41 Å². The van der Waals surface area contributed by atoms with Gasteiger partial charge in [0.2, 0.25) is 0 Å². The van der Waals surface area contributed by atoms with Crippen LogP contribution < -0.4 is 4.90 Å². The number of fused-ring (bicyclic) bond motifs is 6. The molecule has 0 atom stereocenters. The third-order valence-electron chi connectivity index (χ3n) is 15.5. The molecule has 13 aromatic rings. The van der Waals surface area contributed by atoms with Crippen molar-refractivity contribution in [2.45, 2.75) is 5.41 Å².